The Balaban J connectivity index is 1.52. The average Bonchev–Trinajstić information content (AvgIpc) is 2.61. The standard InChI is InChI=1S/C18H19ClN2O4/c1-12(25-14-3-2-4-20-11-14)10-21-18(22)8-13-7-16-17(9-15(13)19)24-6-5-23-16/h2-4,7,9,11-12H,5-6,8,10H2,1H3,(H,21,22). The van der Waals surface area contributed by atoms with E-state index < -0.39 is 0 Å². The first kappa shape index (κ1) is 17.4. The number of halogens is 1. The summed E-state index contributed by atoms with van der Waals surface area (Å²) < 4.78 is 16.7. The minimum Gasteiger partial charge on any atom is -0.487 e. The Morgan fingerprint density at radius 3 is 2.84 bits per heavy atom. The van der Waals surface area contributed by atoms with Gasteiger partial charge in [0.2, 0.25) is 5.91 Å². The summed E-state index contributed by atoms with van der Waals surface area (Å²) in [6.45, 7) is 3.25. The normalized spacial score (nSPS) is 13.8. The number of hydrogen-bond acceptors (Lipinski definition) is 5. The summed E-state index contributed by atoms with van der Waals surface area (Å²) in [5, 5.41) is 3.33. The molecular formula is C18H19ClN2O4. The van der Waals surface area contributed by atoms with Gasteiger partial charge in [-0.1, -0.05) is 11.6 Å². The molecule has 2 aromatic rings. The van der Waals surface area contributed by atoms with E-state index in [9.17, 15) is 4.79 Å². The summed E-state index contributed by atoms with van der Waals surface area (Å²) in [5.74, 6) is 1.75. The number of aromatic nitrogens is 1. The quantitative estimate of drug-likeness (QED) is 0.855. The largest absolute Gasteiger partial charge is 0.487 e. The number of nitrogens with zero attached hydrogens (tertiary/aromatic N) is 1. The third-order valence-corrected chi connectivity index (χ3v) is 3.97. The van der Waals surface area contributed by atoms with Gasteiger partial charge in [-0.25, -0.2) is 0 Å². The van der Waals surface area contributed by atoms with E-state index in [4.69, 9.17) is 25.8 Å². The lowest BCUT2D eigenvalue weighted by atomic mass is 10.1. The molecule has 1 amide bonds. The van der Waals surface area contributed by atoms with E-state index >= 15 is 0 Å². The van der Waals surface area contributed by atoms with Crippen molar-refractivity contribution in [1.29, 1.82) is 0 Å². The lowest BCUT2D eigenvalue weighted by Gasteiger charge is -2.20. The highest BCUT2D eigenvalue weighted by Gasteiger charge is 2.17. The molecule has 0 spiro atoms. The number of hydrogen-bond donors (Lipinski definition) is 1. The van der Waals surface area contributed by atoms with E-state index in [0.29, 0.717) is 47.6 Å². The van der Waals surface area contributed by atoms with Crippen LogP contribution in [0, 0.1) is 0 Å². The van der Waals surface area contributed by atoms with Crippen LogP contribution in [0.5, 0.6) is 17.2 Å². The highest BCUT2D eigenvalue weighted by molar-refractivity contribution is 6.31. The van der Waals surface area contributed by atoms with Crippen LogP contribution >= 0.6 is 11.6 Å². The second-order valence-corrected chi connectivity index (χ2v) is 6.09. The first-order valence-corrected chi connectivity index (χ1v) is 8.41. The summed E-state index contributed by atoms with van der Waals surface area (Å²) in [4.78, 5) is 16.2. The number of nitrogens with one attached hydrogen (secondary N) is 1. The number of benzene rings is 1. The molecule has 1 aromatic carbocycles. The maximum Gasteiger partial charge on any atom is 0.224 e. The van der Waals surface area contributed by atoms with Crippen molar-refractivity contribution in [3.63, 3.8) is 0 Å². The Labute approximate surface area is 151 Å². The third kappa shape index (κ3) is 4.76. The molecule has 1 aliphatic heterocycles. The molecular weight excluding hydrogens is 344 g/mol. The van der Waals surface area contributed by atoms with Gasteiger partial charge < -0.3 is 19.5 Å². The van der Waals surface area contributed by atoms with Crippen LogP contribution in [-0.2, 0) is 11.2 Å². The maximum atomic E-state index is 12.2. The summed E-state index contributed by atoms with van der Waals surface area (Å²) >= 11 is 6.23. The minimum absolute atomic E-state index is 0.139. The van der Waals surface area contributed by atoms with Gasteiger partial charge in [-0.3, -0.25) is 9.78 Å². The zero-order valence-corrected chi connectivity index (χ0v) is 14.6. The Hall–Kier alpha value is -2.47. The molecule has 1 aliphatic rings. The molecule has 6 nitrogen and oxygen atoms in total. The van der Waals surface area contributed by atoms with Crippen molar-refractivity contribution in [2.24, 2.45) is 0 Å². The second-order valence-electron chi connectivity index (χ2n) is 5.69. The molecule has 25 heavy (non-hydrogen) atoms. The summed E-state index contributed by atoms with van der Waals surface area (Å²) in [7, 11) is 0. The lowest BCUT2D eigenvalue weighted by molar-refractivity contribution is -0.120. The SMILES string of the molecule is CC(CNC(=O)Cc1cc2c(cc1Cl)OCCO2)Oc1cccnc1. The Bertz CT molecular complexity index is 739. The van der Waals surface area contributed by atoms with Gasteiger partial charge in [0.25, 0.3) is 0 Å². The Kier molecular flexibility index (Phi) is 5.60. The molecule has 3 rings (SSSR count). The number of rotatable bonds is 6. The fourth-order valence-corrected chi connectivity index (χ4v) is 2.65. The van der Waals surface area contributed by atoms with Gasteiger partial charge in [0.15, 0.2) is 11.5 Å². The Morgan fingerprint density at radius 2 is 2.12 bits per heavy atom. The topological polar surface area (TPSA) is 69.7 Å². The summed E-state index contributed by atoms with van der Waals surface area (Å²) in [6.07, 6.45) is 3.29. The molecule has 1 unspecified atom stereocenters. The van der Waals surface area contributed by atoms with Crippen LogP contribution < -0.4 is 19.5 Å². The number of pyridine rings is 1. The van der Waals surface area contributed by atoms with Gasteiger partial charge in [0.05, 0.1) is 19.2 Å². The van der Waals surface area contributed by atoms with Crippen molar-refractivity contribution in [3.05, 3.63) is 47.2 Å². The third-order valence-electron chi connectivity index (χ3n) is 3.62. The van der Waals surface area contributed by atoms with Crippen molar-refractivity contribution < 1.29 is 19.0 Å². The van der Waals surface area contributed by atoms with Crippen molar-refractivity contribution in [3.8, 4) is 17.2 Å². The van der Waals surface area contributed by atoms with Crippen LogP contribution in [0.1, 0.15) is 12.5 Å². The maximum absolute atomic E-state index is 12.2. The van der Waals surface area contributed by atoms with Gasteiger partial charge in [0.1, 0.15) is 25.1 Å². The number of amides is 1. The number of carbonyl (C=O) groups excluding carboxylic acids is 1. The first-order chi connectivity index (χ1) is 12.1. The van der Waals surface area contributed by atoms with E-state index in [0.717, 1.165) is 0 Å². The number of ether oxygens (including phenoxy) is 3. The fourth-order valence-electron chi connectivity index (χ4n) is 2.43. The summed E-state index contributed by atoms with van der Waals surface area (Å²) in [5.41, 5.74) is 0.698. The highest BCUT2D eigenvalue weighted by Crippen LogP contribution is 2.35. The smallest absolute Gasteiger partial charge is 0.224 e. The lowest BCUT2D eigenvalue weighted by Crippen LogP contribution is -2.34. The van der Waals surface area contributed by atoms with Crippen LogP contribution in [0.25, 0.3) is 0 Å². The van der Waals surface area contributed by atoms with E-state index in [1.54, 1.807) is 30.6 Å². The van der Waals surface area contributed by atoms with Crippen LogP contribution in [-0.4, -0.2) is 36.8 Å². The van der Waals surface area contributed by atoms with Crippen LogP contribution in [0.2, 0.25) is 5.02 Å². The van der Waals surface area contributed by atoms with Crippen molar-refractivity contribution in [1.82, 2.24) is 10.3 Å². The van der Waals surface area contributed by atoms with E-state index in [1.165, 1.54) is 0 Å². The van der Waals surface area contributed by atoms with Gasteiger partial charge in [0, 0.05) is 17.3 Å². The highest BCUT2D eigenvalue weighted by atomic mass is 35.5. The molecule has 7 heteroatoms. The molecule has 1 aromatic heterocycles. The van der Waals surface area contributed by atoms with Gasteiger partial charge in [-0.15, -0.1) is 0 Å². The molecule has 1 N–H and O–H groups in total. The molecule has 132 valence electrons. The van der Waals surface area contributed by atoms with Gasteiger partial charge >= 0.3 is 0 Å². The molecule has 2 heterocycles. The van der Waals surface area contributed by atoms with E-state index in [-0.39, 0.29) is 18.4 Å². The zero-order valence-electron chi connectivity index (χ0n) is 13.8. The molecule has 0 saturated carbocycles. The monoisotopic (exact) mass is 362 g/mol. The molecule has 0 saturated heterocycles. The van der Waals surface area contributed by atoms with Crippen LogP contribution in [0.15, 0.2) is 36.7 Å². The minimum atomic E-state index is -0.177. The molecule has 0 aliphatic carbocycles. The molecule has 0 radical (unpaired) electrons. The predicted molar refractivity (Wildman–Crippen MR) is 93.5 cm³/mol. The number of carbonyl (C=O) groups is 1. The van der Waals surface area contributed by atoms with Crippen molar-refractivity contribution >= 4 is 17.5 Å². The zero-order chi connectivity index (χ0) is 17.6. The number of fused-ring (bicyclic) bond motifs is 1. The van der Waals surface area contributed by atoms with Crippen molar-refractivity contribution in [2.45, 2.75) is 19.4 Å². The van der Waals surface area contributed by atoms with Gasteiger partial charge in [-0.05, 0) is 30.7 Å². The molecule has 1 atom stereocenters. The fraction of sp³-hybridized carbons (Fsp3) is 0.333. The molecule has 0 bridgehead atoms. The average molecular weight is 363 g/mol. The second kappa shape index (κ2) is 8.07. The van der Waals surface area contributed by atoms with E-state index in [2.05, 4.69) is 10.3 Å². The first-order valence-electron chi connectivity index (χ1n) is 8.03. The molecule has 0 fully saturated rings. The Morgan fingerprint density at radius 1 is 1.36 bits per heavy atom. The van der Waals surface area contributed by atoms with Crippen LogP contribution in [0.4, 0.5) is 0 Å². The predicted octanol–water partition coefficient (Wildman–Crippen LogP) is 2.63. The summed E-state index contributed by atoms with van der Waals surface area (Å²) in [6, 6.07) is 7.06. The van der Waals surface area contributed by atoms with E-state index in [1.807, 2.05) is 13.0 Å². The van der Waals surface area contributed by atoms with Crippen molar-refractivity contribution in [2.75, 3.05) is 19.8 Å². The van der Waals surface area contributed by atoms with Crippen LogP contribution in [0.3, 0.4) is 0 Å². The van der Waals surface area contributed by atoms with Gasteiger partial charge in [-0.2, -0.15) is 0 Å².